The van der Waals surface area contributed by atoms with Crippen LogP contribution in [0.25, 0.3) is 0 Å². The zero-order valence-electron chi connectivity index (χ0n) is 15.6. The summed E-state index contributed by atoms with van der Waals surface area (Å²) in [6.07, 6.45) is 21.0. The van der Waals surface area contributed by atoms with Gasteiger partial charge in [-0.15, -0.1) is 0 Å². The smallest absolute Gasteiger partial charge is 0.121 e. The molecule has 1 heterocycles. The van der Waals surface area contributed by atoms with Crippen LogP contribution >= 0.6 is 7.41 Å². The fourth-order valence-corrected chi connectivity index (χ4v) is 13.1. The van der Waals surface area contributed by atoms with Gasteiger partial charge in [0.05, 0.1) is 16.5 Å². The lowest BCUT2D eigenvalue weighted by atomic mass is 9.99. The van der Waals surface area contributed by atoms with Gasteiger partial charge < -0.3 is 0 Å². The molecule has 0 aromatic carbocycles. The Balaban J connectivity index is 2.11. The number of aromatic nitrogens is 1. The monoisotopic (exact) mass is 334 g/mol. The van der Waals surface area contributed by atoms with Gasteiger partial charge in [-0.1, -0.05) is 19.8 Å². The van der Waals surface area contributed by atoms with E-state index in [4.69, 9.17) is 0 Å². The van der Waals surface area contributed by atoms with E-state index in [1.807, 2.05) is 0 Å². The van der Waals surface area contributed by atoms with E-state index in [0.29, 0.717) is 5.16 Å². The molecule has 2 fully saturated rings. The van der Waals surface area contributed by atoms with Crippen LogP contribution < -0.4 is 0 Å². The Morgan fingerprint density at radius 2 is 1.26 bits per heavy atom. The van der Waals surface area contributed by atoms with Crippen molar-refractivity contribution in [3.05, 3.63) is 24.5 Å². The van der Waals surface area contributed by atoms with E-state index < -0.39 is 7.41 Å². The second-order valence-electron chi connectivity index (χ2n) is 8.55. The first-order valence-electron chi connectivity index (χ1n) is 10.2. The van der Waals surface area contributed by atoms with Gasteiger partial charge in [0.15, 0.2) is 0 Å². The molecule has 0 radical (unpaired) electrons. The summed E-state index contributed by atoms with van der Waals surface area (Å²) in [5.41, 5.74) is 1.95. The predicted molar refractivity (Wildman–Crippen MR) is 105 cm³/mol. The summed E-state index contributed by atoms with van der Waals surface area (Å²) in [7, 11) is -1.24. The van der Waals surface area contributed by atoms with Crippen LogP contribution in [0.5, 0.6) is 0 Å². The number of rotatable bonds is 5. The summed E-state index contributed by atoms with van der Waals surface area (Å²) in [6.45, 7) is 7.68. The number of hydrogen-bond acceptors (Lipinski definition) is 0. The van der Waals surface area contributed by atoms with E-state index in [0.717, 1.165) is 11.3 Å². The van der Waals surface area contributed by atoms with Crippen LogP contribution in [0.1, 0.15) is 91.4 Å². The molecule has 0 N–H and O–H groups in total. The molecule has 0 amide bonds. The highest BCUT2D eigenvalue weighted by molar-refractivity contribution is 7.77. The molecule has 0 spiro atoms. The van der Waals surface area contributed by atoms with Crippen LogP contribution in [-0.2, 0) is 0 Å². The molecule has 0 atom stereocenters. The first-order valence-corrected chi connectivity index (χ1v) is 12.0. The zero-order valence-corrected chi connectivity index (χ0v) is 16.5. The maximum Gasteiger partial charge on any atom is 0.121 e. The van der Waals surface area contributed by atoms with Crippen molar-refractivity contribution in [3.63, 3.8) is 0 Å². The highest BCUT2D eigenvalue weighted by Gasteiger charge is 2.62. The summed E-state index contributed by atoms with van der Waals surface area (Å²) in [4.78, 5) is 0. The molecule has 0 unspecified atom stereocenters. The van der Waals surface area contributed by atoms with Gasteiger partial charge in [-0.3, -0.25) is 0 Å². The van der Waals surface area contributed by atoms with Crippen molar-refractivity contribution in [2.45, 2.75) is 108 Å². The van der Waals surface area contributed by atoms with Crippen LogP contribution in [0.2, 0.25) is 0 Å². The molecule has 3 rings (SSSR count). The zero-order chi connectivity index (χ0) is 16.3. The van der Waals surface area contributed by atoms with E-state index in [1.54, 1.807) is 0 Å². The molecule has 2 heteroatoms. The standard InChI is InChI=1S/C21H37NP/c1-4-21(2,3)23(22-17-11-12-18-22,19-13-7-5-8-14-19)20-15-9-6-10-16-20/h11-12,17-20H,4-10,13-16H2,1-3H3/q+1. The van der Waals surface area contributed by atoms with E-state index in [9.17, 15) is 0 Å². The van der Waals surface area contributed by atoms with Crippen molar-refractivity contribution >= 4 is 7.41 Å². The largest absolute Gasteiger partial charge is 0.232 e. The van der Waals surface area contributed by atoms with Crippen LogP contribution in [0.4, 0.5) is 0 Å². The fraction of sp³-hybridized carbons (Fsp3) is 0.810. The summed E-state index contributed by atoms with van der Waals surface area (Å²) < 4.78 is 2.79. The van der Waals surface area contributed by atoms with Crippen molar-refractivity contribution < 1.29 is 0 Å². The predicted octanol–water partition coefficient (Wildman–Crippen LogP) is 7.12. The second kappa shape index (κ2) is 7.30. The molecule has 130 valence electrons. The molecule has 0 aliphatic heterocycles. The van der Waals surface area contributed by atoms with Gasteiger partial charge in [0.1, 0.15) is 7.41 Å². The van der Waals surface area contributed by atoms with Gasteiger partial charge in [-0.2, -0.15) is 0 Å². The molecular formula is C21H37NP+. The number of nitrogens with zero attached hydrogens (tertiary/aromatic N) is 1. The minimum atomic E-state index is -1.24. The molecule has 2 aliphatic carbocycles. The Morgan fingerprint density at radius 1 is 0.826 bits per heavy atom. The van der Waals surface area contributed by atoms with Crippen molar-refractivity contribution in [2.24, 2.45) is 0 Å². The van der Waals surface area contributed by atoms with Gasteiger partial charge in [0.2, 0.25) is 0 Å². The van der Waals surface area contributed by atoms with Crippen molar-refractivity contribution in [3.8, 4) is 0 Å². The van der Waals surface area contributed by atoms with Gasteiger partial charge in [0.25, 0.3) is 0 Å². The first kappa shape index (κ1) is 17.5. The normalized spacial score (nSPS) is 22.4. The lowest BCUT2D eigenvalue weighted by Crippen LogP contribution is -2.43. The average Bonchev–Trinajstić information content (AvgIpc) is 3.12. The molecule has 1 aromatic rings. The van der Waals surface area contributed by atoms with Gasteiger partial charge in [-0.25, -0.2) is 4.34 Å². The van der Waals surface area contributed by atoms with Gasteiger partial charge in [-0.05, 0) is 83.8 Å². The maximum absolute atomic E-state index is 2.79. The third-order valence-electron chi connectivity index (χ3n) is 7.07. The quantitative estimate of drug-likeness (QED) is 0.505. The lowest BCUT2D eigenvalue weighted by molar-refractivity contribution is 0.456. The molecule has 23 heavy (non-hydrogen) atoms. The van der Waals surface area contributed by atoms with Gasteiger partial charge >= 0.3 is 0 Å². The molecule has 1 nitrogen and oxygen atoms in total. The number of hydrogen-bond donors (Lipinski definition) is 0. The topological polar surface area (TPSA) is 4.93 Å². The van der Waals surface area contributed by atoms with E-state index in [2.05, 4.69) is 49.6 Å². The average molecular weight is 335 g/mol. The summed E-state index contributed by atoms with van der Waals surface area (Å²) >= 11 is 0. The highest BCUT2D eigenvalue weighted by Crippen LogP contribution is 2.80. The molecular weight excluding hydrogens is 297 g/mol. The minimum Gasteiger partial charge on any atom is -0.232 e. The highest BCUT2D eigenvalue weighted by atomic mass is 31.2. The third kappa shape index (κ3) is 3.04. The Kier molecular flexibility index (Phi) is 5.57. The third-order valence-corrected chi connectivity index (χ3v) is 13.6. The summed E-state index contributed by atoms with van der Waals surface area (Å²) in [6, 6.07) is 4.57. The van der Waals surface area contributed by atoms with E-state index >= 15 is 0 Å². The lowest BCUT2D eigenvalue weighted by Gasteiger charge is -2.51. The second-order valence-corrected chi connectivity index (χ2v) is 13.2. The Labute approximate surface area is 144 Å². The van der Waals surface area contributed by atoms with Crippen LogP contribution in [0.3, 0.4) is 0 Å². The minimum absolute atomic E-state index is 0.468. The Bertz CT molecular complexity index is 446. The molecule has 0 saturated heterocycles. The molecule has 0 bridgehead atoms. The Morgan fingerprint density at radius 3 is 1.65 bits per heavy atom. The SMILES string of the molecule is CCC(C)(C)[P+](C1CCCCC1)(C1CCCCC1)n1cccc1. The van der Waals surface area contributed by atoms with Crippen LogP contribution in [0, 0.1) is 0 Å². The van der Waals surface area contributed by atoms with Crippen molar-refractivity contribution in [2.75, 3.05) is 0 Å². The summed E-state index contributed by atoms with van der Waals surface area (Å²) in [5, 5.41) is 0.468. The van der Waals surface area contributed by atoms with Crippen LogP contribution in [0.15, 0.2) is 24.5 Å². The maximum atomic E-state index is 2.79. The molecule has 2 saturated carbocycles. The van der Waals surface area contributed by atoms with Crippen LogP contribution in [-0.4, -0.2) is 20.8 Å². The van der Waals surface area contributed by atoms with Crippen molar-refractivity contribution in [1.82, 2.24) is 4.34 Å². The first-order chi connectivity index (χ1) is 11.1. The summed E-state index contributed by atoms with van der Waals surface area (Å²) in [5.74, 6) is 0. The van der Waals surface area contributed by atoms with E-state index in [1.165, 1.54) is 70.6 Å². The Hall–Kier alpha value is -0.290. The van der Waals surface area contributed by atoms with Gasteiger partial charge in [0, 0.05) is 12.4 Å². The fourth-order valence-electron chi connectivity index (χ4n) is 5.73. The van der Waals surface area contributed by atoms with Crippen molar-refractivity contribution in [1.29, 1.82) is 0 Å². The molecule has 1 aromatic heterocycles. The van der Waals surface area contributed by atoms with E-state index in [-0.39, 0.29) is 0 Å². The molecule has 2 aliphatic rings.